The summed E-state index contributed by atoms with van der Waals surface area (Å²) < 4.78 is 0. The van der Waals surface area contributed by atoms with E-state index >= 15 is 0 Å². The summed E-state index contributed by atoms with van der Waals surface area (Å²) in [6, 6.07) is -0.810. The maximum atomic E-state index is 11.0. The van der Waals surface area contributed by atoms with Crippen LogP contribution in [0.3, 0.4) is 0 Å². The summed E-state index contributed by atoms with van der Waals surface area (Å²) in [6.07, 6.45) is 4.69. The number of nitrogens with one attached hydrogen (secondary N) is 1. The van der Waals surface area contributed by atoms with Gasteiger partial charge in [0, 0.05) is 0 Å². The van der Waals surface area contributed by atoms with E-state index in [9.17, 15) is 9.59 Å². The fourth-order valence-corrected chi connectivity index (χ4v) is 1.66. The molecule has 1 amide bonds. The molecule has 0 aliphatic rings. The summed E-state index contributed by atoms with van der Waals surface area (Å²) >= 11 is 0. The molecule has 0 spiro atoms. The maximum Gasteiger partial charge on any atom is 0.326 e. The van der Waals surface area contributed by atoms with Gasteiger partial charge >= 0.3 is 5.97 Å². The molecule has 0 rings (SSSR count). The maximum absolute atomic E-state index is 11.0. The Morgan fingerprint density at radius 1 is 1.29 bits per heavy atom. The molecule has 17 heavy (non-hydrogen) atoms. The minimum Gasteiger partial charge on any atom is -0.480 e. The number of rotatable bonds is 9. The van der Waals surface area contributed by atoms with Gasteiger partial charge in [-0.15, -0.1) is 0 Å². The van der Waals surface area contributed by atoms with E-state index < -0.39 is 17.9 Å². The Balaban J connectivity index is 4.00. The van der Waals surface area contributed by atoms with E-state index in [1.165, 1.54) is 0 Å². The number of carbonyl (C=O) groups excluding carboxylic acids is 1. The molecule has 0 saturated carbocycles. The van der Waals surface area contributed by atoms with Gasteiger partial charge in [-0.3, -0.25) is 4.79 Å². The molecule has 0 fully saturated rings. The summed E-state index contributed by atoms with van der Waals surface area (Å²) in [4.78, 5) is 22.0. The summed E-state index contributed by atoms with van der Waals surface area (Å²) in [7, 11) is 0. The molecule has 4 N–H and O–H groups in total. The number of amides is 1. The average Bonchev–Trinajstić information content (AvgIpc) is 2.30. The first-order valence-electron chi connectivity index (χ1n) is 6.23. The smallest absolute Gasteiger partial charge is 0.326 e. The molecule has 0 heterocycles. The minimum absolute atomic E-state index is 0.171. The molecule has 0 saturated heterocycles. The van der Waals surface area contributed by atoms with Gasteiger partial charge in [0.15, 0.2) is 0 Å². The van der Waals surface area contributed by atoms with Crippen molar-refractivity contribution in [1.29, 1.82) is 0 Å². The second kappa shape index (κ2) is 8.98. The predicted octanol–water partition coefficient (Wildman–Crippen LogP) is 1.12. The molecular weight excluding hydrogens is 220 g/mol. The number of nitrogens with two attached hydrogens (primary N) is 1. The standard InChI is InChI=1S/C12H24N2O3/c1-3-4-5-9(2)6-7-10(12(16)17)14-11(15)8-13/h9-10H,3-8,13H2,1-2H3,(H,14,15)(H,16,17). The second-order valence-electron chi connectivity index (χ2n) is 4.49. The molecule has 0 aromatic rings. The largest absolute Gasteiger partial charge is 0.480 e. The highest BCUT2D eigenvalue weighted by Gasteiger charge is 2.19. The molecule has 0 radical (unpaired) electrons. The topological polar surface area (TPSA) is 92.4 Å². The van der Waals surface area contributed by atoms with Gasteiger partial charge in [-0.1, -0.05) is 33.1 Å². The van der Waals surface area contributed by atoms with Gasteiger partial charge in [0.2, 0.25) is 5.91 Å². The van der Waals surface area contributed by atoms with Crippen molar-refractivity contribution >= 4 is 11.9 Å². The molecule has 2 unspecified atom stereocenters. The minimum atomic E-state index is -0.991. The zero-order chi connectivity index (χ0) is 13.3. The Labute approximate surface area is 103 Å². The zero-order valence-corrected chi connectivity index (χ0v) is 10.7. The fourth-order valence-electron chi connectivity index (χ4n) is 1.66. The van der Waals surface area contributed by atoms with Crippen LogP contribution in [-0.4, -0.2) is 29.6 Å². The SMILES string of the molecule is CCCCC(C)CCC(NC(=O)CN)C(=O)O. The molecule has 100 valence electrons. The van der Waals surface area contributed by atoms with Gasteiger partial charge in [-0.25, -0.2) is 4.79 Å². The highest BCUT2D eigenvalue weighted by molar-refractivity contribution is 5.84. The number of unbranched alkanes of at least 4 members (excludes halogenated alkanes) is 1. The van der Waals surface area contributed by atoms with Crippen molar-refractivity contribution in [1.82, 2.24) is 5.32 Å². The van der Waals surface area contributed by atoms with Gasteiger partial charge in [0.05, 0.1) is 6.54 Å². The molecule has 0 aliphatic carbocycles. The Morgan fingerprint density at radius 3 is 2.41 bits per heavy atom. The second-order valence-corrected chi connectivity index (χ2v) is 4.49. The van der Waals surface area contributed by atoms with Crippen molar-refractivity contribution < 1.29 is 14.7 Å². The van der Waals surface area contributed by atoms with Crippen LogP contribution in [0.25, 0.3) is 0 Å². The highest BCUT2D eigenvalue weighted by atomic mass is 16.4. The third kappa shape index (κ3) is 7.74. The molecule has 0 aromatic carbocycles. The monoisotopic (exact) mass is 244 g/mol. The third-order valence-corrected chi connectivity index (χ3v) is 2.82. The van der Waals surface area contributed by atoms with Crippen LogP contribution in [-0.2, 0) is 9.59 Å². The van der Waals surface area contributed by atoms with E-state index in [1.54, 1.807) is 0 Å². The van der Waals surface area contributed by atoms with Crippen molar-refractivity contribution in [3.05, 3.63) is 0 Å². The van der Waals surface area contributed by atoms with Crippen LogP contribution in [0.4, 0.5) is 0 Å². The normalized spacial score (nSPS) is 14.1. The number of carboxylic acids is 1. The van der Waals surface area contributed by atoms with Crippen LogP contribution in [0, 0.1) is 5.92 Å². The molecule has 0 aromatic heterocycles. The van der Waals surface area contributed by atoms with E-state index in [4.69, 9.17) is 10.8 Å². The van der Waals surface area contributed by atoms with E-state index in [2.05, 4.69) is 19.2 Å². The third-order valence-electron chi connectivity index (χ3n) is 2.82. The first kappa shape index (κ1) is 15.9. The van der Waals surface area contributed by atoms with Crippen LogP contribution >= 0.6 is 0 Å². The predicted molar refractivity (Wildman–Crippen MR) is 66.5 cm³/mol. The average molecular weight is 244 g/mol. The van der Waals surface area contributed by atoms with E-state index in [-0.39, 0.29) is 6.54 Å². The van der Waals surface area contributed by atoms with Gasteiger partial charge in [-0.2, -0.15) is 0 Å². The Bertz CT molecular complexity index is 244. The van der Waals surface area contributed by atoms with Crippen molar-refractivity contribution in [3.63, 3.8) is 0 Å². The molecule has 0 aliphatic heterocycles. The molecule has 0 bridgehead atoms. The van der Waals surface area contributed by atoms with Gasteiger partial charge in [-0.05, 0) is 18.8 Å². The Kier molecular flexibility index (Phi) is 8.40. The number of hydrogen-bond donors (Lipinski definition) is 3. The van der Waals surface area contributed by atoms with E-state index in [1.807, 2.05) is 0 Å². The van der Waals surface area contributed by atoms with Crippen molar-refractivity contribution in [2.75, 3.05) is 6.54 Å². The lowest BCUT2D eigenvalue weighted by molar-refractivity contribution is -0.141. The van der Waals surface area contributed by atoms with Crippen LogP contribution in [0.5, 0.6) is 0 Å². The molecule has 5 heteroatoms. The first-order valence-corrected chi connectivity index (χ1v) is 6.23. The van der Waals surface area contributed by atoms with Crippen LogP contribution in [0.15, 0.2) is 0 Å². The fraction of sp³-hybridized carbons (Fsp3) is 0.833. The summed E-state index contributed by atoms with van der Waals surface area (Å²) in [5.41, 5.74) is 5.14. The highest BCUT2D eigenvalue weighted by Crippen LogP contribution is 2.15. The lowest BCUT2D eigenvalue weighted by Gasteiger charge is -2.16. The molecule has 2 atom stereocenters. The molecular formula is C12H24N2O3. The lowest BCUT2D eigenvalue weighted by atomic mass is 9.96. The Morgan fingerprint density at radius 2 is 1.94 bits per heavy atom. The van der Waals surface area contributed by atoms with Crippen LogP contribution < -0.4 is 11.1 Å². The Hall–Kier alpha value is -1.10. The van der Waals surface area contributed by atoms with E-state index in [0.29, 0.717) is 12.3 Å². The van der Waals surface area contributed by atoms with Crippen LogP contribution in [0.1, 0.15) is 46.0 Å². The lowest BCUT2D eigenvalue weighted by Crippen LogP contribution is -2.43. The van der Waals surface area contributed by atoms with Gasteiger partial charge in [0.1, 0.15) is 6.04 Å². The van der Waals surface area contributed by atoms with Gasteiger partial charge in [0.25, 0.3) is 0 Å². The summed E-state index contributed by atoms with van der Waals surface area (Å²) in [5, 5.41) is 11.4. The van der Waals surface area contributed by atoms with Gasteiger partial charge < -0.3 is 16.2 Å². The molecule has 5 nitrogen and oxygen atoms in total. The van der Waals surface area contributed by atoms with Crippen molar-refractivity contribution in [2.45, 2.75) is 52.0 Å². The number of carboxylic acid groups (broad SMARTS) is 1. The zero-order valence-electron chi connectivity index (χ0n) is 10.7. The first-order chi connectivity index (χ1) is 8.01. The summed E-state index contributed by atoms with van der Waals surface area (Å²) in [6.45, 7) is 4.07. The van der Waals surface area contributed by atoms with Crippen LogP contribution in [0.2, 0.25) is 0 Å². The number of hydrogen-bond acceptors (Lipinski definition) is 3. The van der Waals surface area contributed by atoms with Crippen molar-refractivity contribution in [2.24, 2.45) is 11.7 Å². The quantitative estimate of drug-likeness (QED) is 0.566. The summed E-state index contributed by atoms with van der Waals surface area (Å²) in [5.74, 6) is -0.917. The van der Waals surface area contributed by atoms with Crippen molar-refractivity contribution in [3.8, 4) is 0 Å². The number of carbonyl (C=O) groups is 2. The number of aliphatic carboxylic acids is 1. The van der Waals surface area contributed by atoms with E-state index in [0.717, 1.165) is 25.7 Å².